The zero-order valence-electron chi connectivity index (χ0n) is 11.4. The SMILES string of the molecule is O=C(CC(c1cccs1)n1cccc1)NCc1cccs1. The lowest BCUT2D eigenvalue weighted by molar-refractivity contribution is -0.121. The Labute approximate surface area is 131 Å². The molecule has 108 valence electrons. The molecule has 0 aliphatic heterocycles. The van der Waals surface area contributed by atoms with E-state index in [9.17, 15) is 4.79 Å². The van der Waals surface area contributed by atoms with Gasteiger partial charge < -0.3 is 9.88 Å². The molecular weight excluding hydrogens is 300 g/mol. The first-order chi connectivity index (χ1) is 10.3. The summed E-state index contributed by atoms with van der Waals surface area (Å²) < 4.78 is 2.09. The summed E-state index contributed by atoms with van der Waals surface area (Å²) in [5.41, 5.74) is 0. The minimum atomic E-state index is 0.0725. The molecule has 1 amide bonds. The van der Waals surface area contributed by atoms with Crippen molar-refractivity contribution < 1.29 is 4.79 Å². The second-order valence-electron chi connectivity index (χ2n) is 4.72. The van der Waals surface area contributed by atoms with Gasteiger partial charge in [-0.1, -0.05) is 12.1 Å². The predicted octanol–water partition coefficient (Wildman–Crippen LogP) is 3.91. The normalized spacial score (nSPS) is 12.2. The number of nitrogens with one attached hydrogen (secondary N) is 1. The fourth-order valence-electron chi connectivity index (χ4n) is 2.24. The van der Waals surface area contributed by atoms with Crippen LogP contribution in [0.15, 0.2) is 59.6 Å². The number of hydrogen-bond acceptors (Lipinski definition) is 3. The molecule has 0 aliphatic carbocycles. The van der Waals surface area contributed by atoms with Crippen LogP contribution in [0.2, 0.25) is 0 Å². The zero-order valence-corrected chi connectivity index (χ0v) is 13.1. The summed E-state index contributed by atoms with van der Waals surface area (Å²) in [6.45, 7) is 0.610. The summed E-state index contributed by atoms with van der Waals surface area (Å²) in [6.07, 6.45) is 4.48. The quantitative estimate of drug-likeness (QED) is 0.735. The van der Waals surface area contributed by atoms with Crippen molar-refractivity contribution in [2.45, 2.75) is 19.0 Å². The Balaban J connectivity index is 1.66. The number of amides is 1. The molecule has 3 rings (SSSR count). The highest BCUT2D eigenvalue weighted by molar-refractivity contribution is 7.10. The number of nitrogens with zero attached hydrogens (tertiary/aromatic N) is 1. The number of aromatic nitrogens is 1. The Bertz CT molecular complexity index is 623. The average molecular weight is 316 g/mol. The smallest absolute Gasteiger partial charge is 0.222 e. The number of rotatable bonds is 6. The summed E-state index contributed by atoms with van der Waals surface area (Å²) in [5.74, 6) is 0.0792. The van der Waals surface area contributed by atoms with Crippen LogP contribution in [0.3, 0.4) is 0 Å². The van der Waals surface area contributed by atoms with Crippen LogP contribution in [0.1, 0.15) is 22.2 Å². The van der Waals surface area contributed by atoms with Gasteiger partial charge in [-0.25, -0.2) is 0 Å². The molecule has 1 atom stereocenters. The minimum Gasteiger partial charge on any atom is -0.351 e. The molecule has 0 bridgehead atoms. The van der Waals surface area contributed by atoms with Crippen molar-refractivity contribution in [1.82, 2.24) is 9.88 Å². The summed E-state index contributed by atoms with van der Waals surface area (Å²) in [4.78, 5) is 14.6. The molecule has 21 heavy (non-hydrogen) atoms. The monoisotopic (exact) mass is 316 g/mol. The van der Waals surface area contributed by atoms with Crippen molar-refractivity contribution in [3.63, 3.8) is 0 Å². The maximum Gasteiger partial charge on any atom is 0.222 e. The lowest BCUT2D eigenvalue weighted by Gasteiger charge is -2.17. The molecule has 0 saturated heterocycles. The summed E-state index contributed by atoms with van der Waals surface area (Å²) in [7, 11) is 0. The summed E-state index contributed by atoms with van der Waals surface area (Å²) >= 11 is 3.35. The average Bonchev–Trinajstić information content (AvgIpc) is 3.26. The topological polar surface area (TPSA) is 34.0 Å². The summed E-state index contributed by atoms with van der Waals surface area (Å²) in [6, 6.07) is 12.2. The lowest BCUT2D eigenvalue weighted by Crippen LogP contribution is -2.25. The minimum absolute atomic E-state index is 0.0725. The van der Waals surface area contributed by atoms with Crippen LogP contribution in [-0.4, -0.2) is 10.5 Å². The van der Waals surface area contributed by atoms with E-state index in [2.05, 4.69) is 21.3 Å². The highest BCUT2D eigenvalue weighted by Crippen LogP contribution is 2.26. The number of carbonyl (C=O) groups is 1. The van der Waals surface area contributed by atoms with Crippen molar-refractivity contribution in [1.29, 1.82) is 0 Å². The third-order valence-electron chi connectivity index (χ3n) is 3.28. The highest BCUT2D eigenvalue weighted by Gasteiger charge is 2.18. The predicted molar refractivity (Wildman–Crippen MR) is 87.7 cm³/mol. The molecule has 0 radical (unpaired) electrons. The van der Waals surface area contributed by atoms with Gasteiger partial charge in [-0.05, 0) is 35.0 Å². The van der Waals surface area contributed by atoms with Crippen molar-refractivity contribution in [2.75, 3.05) is 0 Å². The van der Waals surface area contributed by atoms with Gasteiger partial charge in [-0.3, -0.25) is 4.79 Å². The molecule has 0 aliphatic rings. The highest BCUT2D eigenvalue weighted by atomic mass is 32.1. The van der Waals surface area contributed by atoms with Gasteiger partial charge in [0.1, 0.15) is 0 Å². The Hall–Kier alpha value is -1.85. The maximum absolute atomic E-state index is 12.2. The van der Waals surface area contributed by atoms with Gasteiger partial charge >= 0.3 is 0 Å². The molecule has 1 unspecified atom stereocenters. The van der Waals surface area contributed by atoms with E-state index < -0.39 is 0 Å². The van der Waals surface area contributed by atoms with Crippen LogP contribution in [0.5, 0.6) is 0 Å². The van der Waals surface area contributed by atoms with E-state index in [-0.39, 0.29) is 11.9 Å². The first-order valence-corrected chi connectivity index (χ1v) is 8.54. The van der Waals surface area contributed by atoms with E-state index in [0.29, 0.717) is 13.0 Å². The van der Waals surface area contributed by atoms with E-state index in [0.717, 1.165) is 0 Å². The number of carbonyl (C=O) groups excluding carboxylic acids is 1. The zero-order chi connectivity index (χ0) is 14.5. The maximum atomic E-state index is 12.2. The van der Waals surface area contributed by atoms with E-state index in [1.54, 1.807) is 22.7 Å². The second-order valence-corrected chi connectivity index (χ2v) is 6.73. The van der Waals surface area contributed by atoms with Crippen LogP contribution in [0.4, 0.5) is 0 Å². The molecule has 1 N–H and O–H groups in total. The van der Waals surface area contributed by atoms with Gasteiger partial charge in [0.15, 0.2) is 0 Å². The van der Waals surface area contributed by atoms with Gasteiger partial charge in [0.2, 0.25) is 5.91 Å². The fraction of sp³-hybridized carbons (Fsp3) is 0.188. The molecule has 0 aromatic carbocycles. The van der Waals surface area contributed by atoms with Gasteiger partial charge in [0, 0.05) is 22.1 Å². The molecule has 3 heterocycles. The van der Waals surface area contributed by atoms with Crippen LogP contribution in [0.25, 0.3) is 0 Å². The molecule has 3 nitrogen and oxygen atoms in total. The van der Waals surface area contributed by atoms with E-state index in [4.69, 9.17) is 0 Å². The van der Waals surface area contributed by atoms with E-state index >= 15 is 0 Å². The molecule has 3 aromatic rings. The van der Waals surface area contributed by atoms with Crippen LogP contribution in [-0.2, 0) is 11.3 Å². The molecule has 0 saturated carbocycles. The van der Waals surface area contributed by atoms with Gasteiger partial charge in [-0.2, -0.15) is 0 Å². The third kappa shape index (κ3) is 3.62. The molecule has 3 aromatic heterocycles. The van der Waals surface area contributed by atoms with Crippen LogP contribution in [0, 0.1) is 0 Å². The van der Waals surface area contributed by atoms with E-state index in [1.165, 1.54) is 9.75 Å². The Kier molecular flexibility index (Phi) is 4.52. The Morgan fingerprint density at radius 3 is 2.52 bits per heavy atom. The Morgan fingerprint density at radius 1 is 1.10 bits per heavy atom. The molecule has 0 spiro atoms. The van der Waals surface area contributed by atoms with Crippen molar-refractivity contribution in [3.8, 4) is 0 Å². The summed E-state index contributed by atoms with van der Waals surface area (Å²) in [5, 5.41) is 7.08. The first kappa shape index (κ1) is 14.1. The number of thiophene rings is 2. The van der Waals surface area contributed by atoms with Gasteiger partial charge in [0.25, 0.3) is 0 Å². The van der Waals surface area contributed by atoms with Crippen molar-refractivity contribution in [2.24, 2.45) is 0 Å². The number of hydrogen-bond donors (Lipinski definition) is 1. The fourth-order valence-corrected chi connectivity index (χ4v) is 3.71. The molecular formula is C16H16N2OS2. The molecule has 0 fully saturated rings. The standard InChI is InChI=1S/C16H16N2OS2/c19-16(17-12-13-5-3-9-20-13)11-14(15-6-4-10-21-15)18-7-1-2-8-18/h1-10,14H,11-12H2,(H,17,19). The third-order valence-corrected chi connectivity index (χ3v) is 5.13. The largest absolute Gasteiger partial charge is 0.351 e. The van der Waals surface area contributed by atoms with Gasteiger partial charge in [0.05, 0.1) is 19.0 Å². The van der Waals surface area contributed by atoms with Crippen LogP contribution >= 0.6 is 22.7 Å². The molecule has 5 heteroatoms. The first-order valence-electron chi connectivity index (χ1n) is 6.78. The van der Waals surface area contributed by atoms with Crippen LogP contribution < -0.4 is 5.32 Å². The Morgan fingerprint density at radius 2 is 1.86 bits per heavy atom. The van der Waals surface area contributed by atoms with E-state index in [1.807, 2.05) is 48.1 Å². The second kappa shape index (κ2) is 6.74. The van der Waals surface area contributed by atoms with Crippen molar-refractivity contribution >= 4 is 28.6 Å². The van der Waals surface area contributed by atoms with Gasteiger partial charge in [-0.15, -0.1) is 22.7 Å². The van der Waals surface area contributed by atoms with Crippen molar-refractivity contribution in [3.05, 3.63) is 69.3 Å². The lowest BCUT2D eigenvalue weighted by atomic mass is 10.1.